The molecule has 88 valence electrons. The quantitative estimate of drug-likeness (QED) is 0.617. The smallest absolute Gasteiger partial charge is 0.310 e. The molecule has 6 heteroatoms. The Hall–Kier alpha value is -1.95. The standard InChI is InChI=1S/C10H11NO4.H2O/c1-2-9(10(12)13)7-3-5-8(6-4-7)11(14)15;/h3-6,9H,2H2,1H3,(H,12,13);1H2. The van der Waals surface area contributed by atoms with Gasteiger partial charge in [0.15, 0.2) is 0 Å². The summed E-state index contributed by atoms with van der Waals surface area (Å²) in [7, 11) is 0. The third-order valence-corrected chi connectivity index (χ3v) is 2.21. The fraction of sp³-hybridized carbons (Fsp3) is 0.300. The minimum absolute atomic E-state index is 0. The summed E-state index contributed by atoms with van der Waals surface area (Å²) < 4.78 is 0. The molecule has 1 atom stereocenters. The van der Waals surface area contributed by atoms with Gasteiger partial charge in [0.25, 0.3) is 5.69 Å². The van der Waals surface area contributed by atoms with Crippen molar-refractivity contribution in [3.8, 4) is 0 Å². The average Bonchev–Trinajstić information content (AvgIpc) is 2.19. The van der Waals surface area contributed by atoms with E-state index in [0.717, 1.165) is 0 Å². The minimum atomic E-state index is -0.911. The van der Waals surface area contributed by atoms with E-state index in [9.17, 15) is 14.9 Å². The van der Waals surface area contributed by atoms with E-state index in [1.165, 1.54) is 24.3 Å². The molecule has 6 nitrogen and oxygen atoms in total. The van der Waals surface area contributed by atoms with Crippen molar-refractivity contribution in [2.75, 3.05) is 0 Å². The molecule has 0 heterocycles. The molecular formula is C10H13NO5. The summed E-state index contributed by atoms with van der Waals surface area (Å²) in [5, 5.41) is 19.2. The van der Waals surface area contributed by atoms with Crippen LogP contribution in [-0.2, 0) is 4.79 Å². The van der Waals surface area contributed by atoms with Crippen LogP contribution in [0, 0.1) is 10.1 Å². The van der Waals surface area contributed by atoms with E-state index in [4.69, 9.17) is 5.11 Å². The number of carboxylic acid groups (broad SMARTS) is 1. The Balaban J connectivity index is 0.00000225. The zero-order valence-electron chi connectivity index (χ0n) is 8.71. The molecule has 1 rings (SSSR count). The summed E-state index contributed by atoms with van der Waals surface area (Å²) in [6.07, 6.45) is 0.465. The predicted molar refractivity (Wildman–Crippen MR) is 57.4 cm³/mol. The van der Waals surface area contributed by atoms with Gasteiger partial charge in [-0.15, -0.1) is 0 Å². The van der Waals surface area contributed by atoms with Gasteiger partial charge in [-0.25, -0.2) is 0 Å². The van der Waals surface area contributed by atoms with Gasteiger partial charge in [-0.1, -0.05) is 19.1 Å². The zero-order chi connectivity index (χ0) is 11.4. The molecule has 3 N–H and O–H groups in total. The maximum absolute atomic E-state index is 10.8. The molecule has 0 saturated heterocycles. The van der Waals surface area contributed by atoms with Crippen LogP contribution in [0.25, 0.3) is 0 Å². The molecule has 0 radical (unpaired) electrons. The first-order valence-corrected chi connectivity index (χ1v) is 4.53. The van der Waals surface area contributed by atoms with Crippen LogP contribution in [0.3, 0.4) is 0 Å². The lowest BCUT2D eigenvalue weighted by Gasteiger charge is -2.08. The molecule has 0 spiro atoms. The summed E-state index contributed by atoms with van der Waals surface area (Å²) in [5.74, 6) is -1.50. The van der Waals surface area contributed by atoms with Gasteiger partial charge in [0.2, 0.25) is 0 Å². The lowest BCUT2D eigenvalue weighted by molar-refractivity contribution is -0.384. The average molecular weight is 227 g/mol. The molecule has 1 unspecified atom stereocenters. The number of hydrogen-bond acceptors (Lipinski definition) is 3. The van der Waals surface area contributed by atoms with Crippen molar-refractivity contribution in [2.45, 2.75) is 19.3 Å². The van der Waals surface area contributed by atoms with Crippen LogP contribution in [0.5, 0.6) is 0 Å². The van der Waals surface area contributed by atoms with Crippen LogP contribution in [0.2, 0.25) is 0 Å². The molecule has 0 fully saturated rings. The predicted octanol–water partition coefficient (Wildman–Crippen LogP) is 1.35. The molecule has 0 aliphatic heterocycles. The van der Waals surface area contributed by atoms with Gasteiger partial charge in [0, 0.05) is 12.1 Å². The first kappa shape index (κ1) is 14.1. The van der Waals surface area contributed by atoms with E-state index >= 15 is 0 Å². The Kier molecular flexibility index (Phi) is 5.11. The molecule has 0 aliphatic carbocycles. The van der Waals surface area contributed by atoms with Gasteiger partial charge in [0.1, 0.15) is 0 Å². The summed E-state index contributed by atoms with van der Waals surface area (Å²) >= 11 is 0. The summed E-state index contributed by atoms with van der Waals surface area (Å²) in [5.41, 5.74) is 0.564. The summed E-state index contributed by atoms with van der Waals surface area (Å²) in [6, 6.07) is 5.61. The molecule has 0 amide bonds. The lowest BCUT2D eigenvalue weighted by Crippen LogP contribution is -2.10. The second-order valence-corrected chi connectivity index (χ2v) is 3.15. The molecule has 0 saturated carbocycles. The highest BCUT2D eigenvalue weighted by Gasteiger charge is 2.18. The maximum atomic E-state index is 10.8. The van der Waals surface area contributed by atoms with Gasteiger partial charge in [-0.2, -0.15) is 0 Å². The minimum Gasteiger partial charge on any atom is -0.481 e. The summed E-state index contributed by atoms with van der Waals surface area (Å²) in [4.78, 5) is 20.7. The van der Waals surface area contributed by atoms with Crippen molar-refractivity contribution in [3.05, 3.63) is 39.9 Å². The number of benzene rings is 1. The number of carbonyl (C=O) groups is 1. The molecule has 0 bridgehead atoms. The van der Waals surface area contributed by atoms with Crippen molar-refractivity contribution < 1.29 is 20.3 Å². The lowest BCUT2D eigenvalue weighted by atomic mass is 9.97. The van der Waals surface area contributed by atoms with Crippen molar-refractivity contribution in [1.29, 1.82) is 0 Å². The zero-order valence-corrected chi connectivity index (χ0v) is 8.71. The van der Waals surface area contributed by atoms with Crippen LogP contribution in [0.1, 0.15) is 24.8 Å². The van der Waals surface area contributed by atoms with Crippen molar-refractivity contribution in [3.63, 3.8) is 0 Å². The second kappa shape index (κ2) is 5.82. The number of non-ortho nitro benzene ring substituents is 1. The summed E-state index contributed by atoms with van der Waals surface area (Å²) in [6.45, 7) is 1.76. The highest BCUT2D eigenvalue weighted by Crippen LogP contribution is 2.22. The fourth-order valence-corrected chi connectivity index (χ4v) is 1.38. The van der Waals surface area contributed by atoms with Crippen LogP contribution < -0.4 is 0 Å². The molecule has 1 aromatic rings. The molecular weight excluding hydrogens is 214 g/mol. The number of nitro benzene ring substituents is 1. The first-order chi connectivity index (χ1) is 7.06. The monoisotopic (exact) mass is 227 g/mol. The van der Waals surface area contributed by atoms with E-state index < -0.39 is 16.8 Å². The van der Waals surface area contributed by atoms with E-state index in [1.54, 1.807) is 6.92 Å². The second-order valence-electron chi connectivity index (χ2n) is 3.15. The molecule has 0 aliphatic rings. The van der Waals surface area contributed by atoms with Gasteiger partial charge in [0.05, 0.1) is 10.8 Å². The largest absolute Gasteiger partial charge is 0.481 e. The number of carboxylic acids is 1. The topological polar surface area (TPSA) is 112 Å². The van der Waals surface area contributed by atoms with Gasteiger partial charge >= 0.3 is 5.97 Å². The Labute approximate surface area is 92.0 Å². The van der Waals surface area contributed by atoms with Crippen LogP contribution >= 0.6 is 0 Å². The number of nitrogens with zero attached hydrogens (tertiary/aromatic N) is 1. The van der Waals surface area contributed by atoms with Gasteiger partial charge in [-0.3, -0.25) is 14.9 Å². The third-order valence-electron chi connectivity index (χ3n) is 2.21. The van der Waals surface area contributed by atoms with Crippen LogP contribution in [0.15, 0.2) is 24.3 Å². The maximum Gasteiger partial charge on any atom is 0.310 e. The van der Waals surface area contributed by atoms with Crippen molar-refractivity contribution >= 4 is 11.7 Å². The Bertz CT molecular complexity index is 373. The van der Waals surface area contributed by atoms with Gasteiger partial charge < -0.3 is 10.6 Å². The van der Waals surface area contributed by atoms with E-state index in [-0.39, 0.29) is 11.2 Å². The van der Waals surface area contributed by atoms with Crippen molar-refractivity contribution in [2.24, 2.45) is 0 Å². The van der Waals surface area contributed by atoms with Crippen molar-refractivity contribution in [1.82, 2.24) is 0 Å². The number of nitro groups is 1. The number of hydrogen-bond donors (Lipinski definition) is 1. The third kappa shape index (κ3) is 3.03. The SMILES string of the molecule is CCC(C(=O)O)c1ccc([N+](=O)[O-])cc1.O. The molecule has 0 aromatic heterocycles. The molecule has 1 aromatic carbocycles. The van der Waals surface area contributed by atoms with E-state index in [1.807, 2.05) is 0 Å². The fourth-order valence-electron chi connectivity index (χ4n) is 1.38. The molecule has 16 heavy (non-hydrogen) atoms. The highest BCUT2D eigenvalue weighted by molar-refractivity contribution is 5.76. The van der Waals surface area contributed by atoms with Gasteiger partial charge in [-0.05, 0) is 12.0 Å². The normalized spacial score (nSPS) is 11.3. The number of rotatable bonds is 4. The Morgan fingerprint density at radius 2 is 1.94 bits per heavy atom. The Morgan fingerprint density at radius 1 is 1.44 bits per heavy atom. The van der Waals surface area contributed by atoms with E-state index in [2.05, 4.69) is 0 Å². The Morgan fingerprint density at radius 3 is 2.25 bits per heavy atom. The highest BCUT2D eigenvalue weighted by atomic mass is 16.6. The van der Waals surface area contributed by atoms with Crippen LogP contribution in [-0.4, -0.2) is 21.5 Å². The first-order valence-electron chi connectivity index (χ1n) is 4.53. The number of aliphatic carboxylic acids is 1. The van der Waals surface area contributed by atoms with E-state index in [0.29, 0.717) is 12.0 Å². The van der Waals surface area contributed by atoms with Crippen LogP contribution in [0.4, 0.5) is 5.69 Å².